The summed E-state index contributed by atoms with van der Waals surface area (Å²) in [7, 11) is 0. The summed E-state index contributed by atoms with van der Waals surface area (Å²) in [6.07, 6.45) is 2.34. The van der Waals surface area contributed by atoms with Crippen LogP contribution in [0.5, 0.6) is 0 Å². The summed E-state index contributed by atoms with van der Waals surface area (Å²) in [5, 5.41) is 21.0. The minimum atomic E-state index is -0.188. The van der Waals surface area contributed by atoms with E-state index in [1.807, 2.05) is 0 Å². The predicted octanol–water partition coefficient (Wildman–Crippen LogP) is -0.518. The molecule has 1 fully saturated rings. The first-order valence-electron chi connectivity index (χ1n) is 3.87. The normalized spacial score (nSPS) is 33.0. The first-order chi connectivity index (χ1) is 4.84. The minimum Gasteiger partial charge on any atom is -0.396 e. The van der Waals surface area contributed by atoms with Gasteiger partial charge in [-0.05, 0) is 25.8 Å². The molecule has 0 aromatic heterocycles. The van der Waals surface area contributed by atoms with Crippen LogP contribution in [0.25, 0.3) is 0 Å². The molecule has 0 aliphatic carbocycles. The molecule has 0 unspecified atom stereocenters. The van der Waals surface area contributed by atoms with E-state index < -0.39 is 0 Å². The Labute approximate surface area is 61.1 Å². The molecular weight excluding hydrogens is 130 g/mol. The lowest BCUT2D eigenvalue weighted by Crippen LogP contribution is -2.30. The SMILES string of the molecule is OCCC[C@H]1NCC[C@@H]1O. The molecular formula is C7H15NO2. The van der Waals surface area contributed by atoms with Crippen molar-refractivity contribution in [3.63, 3.8) is 0 Å². The fourth-order valence-corrected chi connectivity index (χ4v) is 1.36. The van der Waals surface area contributed by atoms with E-state index in [0.29, 0.717) is 0 Å². The first kappa shape index (κ1) is 7.98. The van der Waals surface area contributed by atoms with Gasteiger partial charge in [0.1, 0.15) is 0 Å². The van der Waals surface area contributed by atoms with Crippen molar-refractivity contribution in [3.8, 4) is 0 Å². The standard InChI is InChI=1S/C7H15NO2/c9-5-1-2-6-7(10)3-4-8-6/h6-10H,1-5H2/t6-,7+/m1/s1. The number of hydrogen-bond acceptors (Lipinski definition) is 3. The highest BCUT2D eigenvalue weighted by atomic mass is 16.3. The van der Waals surface area contributed by atoms with Crippen LogP contribution in [0.1, 0.15) is 19.3 Å². The number of aliphatic hydroxyl groups excluding tert-OH is 2. The molecule has 2 atom stereocenters. The Balaban J connectivity index is 2.14. The smallest absolute Gasteiger partial charge is 0.0705 e. The lowest BCUT2D eigenvalue weighted by molar-refractivity contribution is 0.149. The Hall–Kier alpha value is -0.120. The molecule has 1 aliphatic rings. The monoisotopic (exact) mass is 145 g/mol. The van der Waals surface area contributed by atoms with Crippen LogP contribution in [-0.2, 0) is 0 Å². The molecule has 1 saturated heterocycles. The third-order valence-electron chi connectivity index (χ3n) is 1.98. The zero-order valence-corrected chi connectivity index (χ0v) is 6.08. The second-order valence-electron chi connectivity index (χ2n) is 2.78. The van der Waals surface area contributed by atoms with E-state index in [4.69, 9.17) is 5.11 Å². The molecule has 0 aromatic carbocycles. The molecule has 60 valence electrons. The average Bonchev–Trinajstić information content (AvgIpc) is 2.31. The second kappa shape index (κ2) is 3.91. The first-order valence-corrected chi connectivity index (χ1v) is 3.87. The van der Waals surface area contributed by atoms with Gasteiger partial charge in [-0.3, -0.25) is 0 Å². The highest BCUT2D eigenvalue weighted by molar-refractivity contribution is 4.82. The third kappa shape index (κ3) is 1.94. The van der Waals surface area contributed by atoms with Gasteiger partial charge in [-0.25, -0.2) is 0 Å². The van der Waals surface area contributed by atoms with Crippen LogP contribution in [0.3, 0.4) is 0 Å². The van der Waals surface area contributed by atoms with E-state index in [9.17, 15) is 5.11 Å². The average molecular weight is 145 g/mol. The lowest BCUT2D eigenvalue weighted by Gasteiger charge is -2.12. The van der Waals surface area contributed by atoms with Crippen LogP contribution in [0.4, 0.5) is 0 Å². The molecule has 1 heterocycles. The molecule has 3 N–H and O–H groups in total. The molecule has 0 saturated carbocycles. The summed E-state index contributed by atoms with van der Waals surface area (Å²) >= 11 is 0. The Bertz CT molecular complexity index is 97.6. The largest absolute Gasteiger partial charge is 0.396 e. The maximum absolute atomic E-state index is 9.27. The molecule has 0 spiro atoms. The minimum absolute atomic E-state index is 0.188. The highest BCUT2D eigenvalue weighted by Crippen LogP contribution is 2.11. The van der Waals surface area contributed by atoms with E-state index in [-0.39, 0.29) is 18.8 Å². The molecule has 3 heteroatoms. The molecule has 10 heavy (non-hydrogen) atoms. The van der Waals surface area contributed by atoms with Crippen molar-refractivity contribution in [2.75, 3.05) is 13.2 Å². The molecule has 1 aliphatic heterocycles. The van der Waals surface area contributed by atoms with E-state index in [0.717, 1.165) is 25.8 Å². The van der Waals surface area contributed by atoms with Gasteiger partial charge in [0.15, 0.2) is 0 Å². The van der Waals surface area contributed by atoms with Crippen molar-refractivity contribution < 1.29 is 10.2 Å². The highest BCUT2D eigenvalue weighted by Gasteiger charge is 2.23. The van der Waals surface area contributed by atoms with Crippen molar-refractivity contribution in [2.45, 2.75) is 31.4 Å². The lowest BCUT2D eigenvalue weighted by atomic mass is 10.1. The zero-order chi connectivity index (χ0) is 7.40. The molecule has 3 nitrogen and oxygen atoms in total. The summed E-state index contributed by atoms with van der Waals surface area (Å²) in [6, 6.07) is 0.229. The van der Waals surface area contributed by atoms with E-state index >= 15 is 0 Å². The van der Waals surface area contributed by atoms with E-state index in [2.05, 4.69) is 5.32 Å². The summed E-state index contributed by atoms with van der Waals surface area (Å²) in [5.41, 5.74) is 0. The Kier molecular flexibility index (Phi) is 3.12. The van der Waals surface area contributed by atoms with Crippen molar-refractivity contribution in [2.24, 2.45) is 0 Å². The maximum atomic E-state index is 9.27. The van der Waals surface area contributed by atoms with Gasteiger partial charge in [-0.15, -0.1) is 0 Å². The topological polar surface area (TPSA) is 52.5 Å². The predicted molar refractivity (Wildman–Crippen MR) is 38.7 cm³/mol. The number of nitrogens with one attached hydrogen (secondary N) is 1. The van der Waals surface area contributed by atoms with Crippen LogP contribution in [0.15, 0.2) is 0 Å². The Morgan fingerprint density at radius 2 is 2.30 bits per heavy atom. The quantitative estimate of drug-likeness (QED) is 0.501. The fraction of sp³-hybridized carbons (Fsp3) is 1.00. The van der Waals surface area contributed by atoms with Gasteiger partial charge >= 0.3 is 0 Å². The van der Waals surface area contributed by atoms with Crippen molar-refractivity contribution in [3.05, 3.63) is 0 Å². The van der Waals surface area contributed by atoms with Crippen molar-refractivity contribution in [1.82, 2.24) is 5.32 Å². The number of hydrogen-bond donors (Lipinski definition) is 3. The molecule has 0 amide bonds. The summed E-state index contributed by atoms with van der Waals surface area (Å²) in [6.45, 7) is 1.14. The van der Waals surface area contributed by atoms with Gasteiger partial charge in [-0.2, -0.15) is 0 Å². The van der Waals surface area contributed by atoms with Crippen LogP contribution in [0, 0.1) is 0 Å². The van der Waals surface area contributed by atoms with Gasteiger partial charge < -0.3 is 15.5 Å². The van der Waals surface area contributed by atoms with Gasteiger partial charge in [0.2, 0.25) is 0 Å². The molecule has 0 radical (unpaired) electrons. The number of aliphatic hydroxyl groups is 2. The Morgan fingerprint density at radius 1 is 1.50 bits per heavy atom. The van der Waals surface area contributed by atoms with Crippen LogP contribution >= 0.6 is 0 Å². The summed E-state index contributed by atoms with van der Waals surface area (Å²) in [5.74, 6) is 0. The van der Waals surface area contributed by atoms with E-state index in [1.165, 1.54) is 0 Å². The third-order valence-corrected chi connectivity index (χ3v) is 1.98. The maximum Gasteiger partial charge on any atom is 0.0705 e. The summed E-state index contributed by atoms with van der Waals surface area (Å²) in [4.78, 5) is 0. The van der Waals surface area contributed by atoms with Crippen LogP contribution in [0.2, 0.25) is 0 Å². The van der Waals surface area contributed by atoms with Crippen molar-refractivity contribution in [1.29, 1.82) is 0 Å². The van der Waals surface area contributed by atoms with Gasteiger partial charge in [0.25, 0.3) is 0 Å². The fourth-order valence-electron chi connectivity index (χ4n) is 1.36. The van der Waals surface area contributed by atoms with Crippen LogP contribution < -0.4 is 5.32 Å². The Morgan fingerprint density at radius 3 is 2.80 bits per heavy atom. The zero-order valence-electron chi connectivity index (χ0n) is 6.08. The molecule has 0 bridgehead atoms. The molecule has 0 aromatic rings. The van der Waals surface area contributed by atoms with Crippen LogP contribution in [-0.4, -0.2) is 35.5 Å². The van der Waals surface area contributed by atoms with Crippen molar-refractivity contribution >= 4 is 0 Å². The van der Waals surface area contributed by atoms with Gasteiger partial charge in [0.05, 0.1) is 6.10 Å². The van der Waals surface area contributed by atoms with Gasteiger partial charge in [0, 0.05) is 12.6 Å². The second-order valence-corrected chi connectivity index (χ2v) is 2.78. The number of rotatable bonds is 3. The summed E-state index contributed by atoms with van der Waals surface area (Å²) < 4.78 is 0. The van der Waals surface area contributed by atoms with E-state index in [1.54, 1.807) is 0 Å². The van der Waals surface area contributed by atoms with Gasteiger partial charge in [-0.1, -0.05) is 0 Å². The molecule has 1 rings (SSSR count).